The average molecular weight is 469 g/mol. The maximum Gasteiger partial charge on any atom is 0.306 e. The van der Waals surface area contributed by atoms with E-state index < -0.39 is 5.97 Å². The van der Waals surface area contributed by atoms with Crippen LogP contribution in [0.4, 0.5) is 0 Å². The van der Waals surface area contributed by atoms with Gasteiger partial charge in [-0.3, -0.25) is 18.8 Å². The molecule has 1 aliphatic heterocycles. The summed E-state index contributed by atoms with van der Waals surface area (Å²) >= 11 is 1.53. The maximum absolute atomic E-state index is 12.6. The first kappa shape index (κ1) is 21.6. The SMILES string of the molecule is O=C(CCC(=O)c1ccc2c(c1)OCCCO2)OCc1cc(=O)n2c3c(sc2n1)CCCC3. The van der Waals surface area contributed by atoms with Crippen LogP contribution in [0.15, 0.2) is 29.1 Å². The second kappa shape index (κ2) is 9.35. The van der Waals surface area contributed by atoms with Gasteiger partial charge in [0, 0.05) is 35.0 Å². The van der Waals surface area contributed by atoms with E-state index >= 15 is 0 Å². The van der Waals surface area contributed by atoms with Crippen LogP contribution in [0.5, 0.6) is 11.5 Å². The van der Waals surface area contributed by atoms with Gasteiger partial charge in [0.05, 0.1) is 25.3 Å². The second-order valence-electron chi connectivity index (χ2n) is 8.18. The second-order valence-corrected chi connectivity index (χ2v) is 9.24. The summed E-state index contributed by atoms with van der Waals surface area (Å²) in [6, 6.07) is 6.47. The zero-order chi connectivity index (χ0) is 22.8. The topological polar surface area (TPSA) is 96.2 Å². The predicted octanol–water partition coefficient (Wildman–Crippen LogP) is 3.50. The molecule has 0 atom stereocenters. The van der Waals surface area contributed by atoms with Gasteiger partial charge in [-0.2, -0.15) is 0 Å². The summed E-state index contributed by atoms with van der Waals surface area (Å²) in [6.07, 6.45) is 4.83. The van der Waals surface area contributed by atoms with E-state index in [0.29, 0.717) is 40.9 Å². The molecule has 2 aliphatic rings. The number of ether oxygens (including phenoxy) is 3. The molecule has 1 aliphatic carbocycles. The van der Waals surface area contributed by atoms with Gasteiger partial charge in [-0.25, -0.2) is 4.98 Å². The highest BCUT2D eigenvalue weighted by atomic mass is 32.1. The molecule has 0 fully saturated rings. The van der Waals surface area contributed by atoms with Crippen molar-refractivity contribution in [1.29, 1.82) is 0 Å². The number of Topliss-reactive ketones (excluding diaryl/α,β-unsaturated/α-hetero) is 1. The van der Waals surface area contributed by atoms with Crippen molar-refractivity contribution in [2.45, 2.75) is 51.6 Å². The molecule has 172 valence electrons. The number of thiazole rings is 1. The van der Waals surface area contributed by atoms with Gasteiger partial charge in [0.25, 0.3) is 5.56 Å². The van der Waals surface area contributed by atoms with E-state index in [4.69, 9.17) is 14.2 Å². The average Bonchev–Trinajstić information content (AvgIpc) is 3.03. The molecule has 5 rings (SSSR count). The normalized spacial score (nSPS) is 15.0. The number of hydrogen-bond acceptors (Lipinski definition) is 8. The van der Waals surface area contributed by atoms with Crippen LogP contribution in [0.1, 0.15) is 58.7 Å². The molecule has 1 aromatic carbocycles. The monoisotopic (exact) mass is 468 g/mol. The van der Waals surface area contributed by atoms with Gasteiger partial charge in [-0.15, -0.1) is 11.3 Å². The number of carbonyl (C=O) groups is 2. The number of nitrogens with zero attached hydrogens (tertiary/aromatic N) is 2. The van der Waals surface area contributed by atoms with Gasteiger partial charge in [0.2, 0.25) is 0 Å². The standard InChI is InChI=1S/C24H24N2O6S/c27-18(15-6-8-19-20(12-15)31-11-3-10-30-19)7-9-23(29)32-14-16-13-22(28)26-17-4-1-2-5-21(17)33-24(26)25-16/h6,8,12-13H,1-5,7,9-11,14H2. The van der Waals surface area contributed by atoms with Crippen molar-refractivity contribution in [2.24, 2.45) is 0 Å². The number of hydrogen-bond donors (Lipinski definition) is 0. The third-order valence-corrected chi connectivity index (χ3v) is 6.96. The molecular weight excluding hydrogens is 444 g/mol. The van der Waals surface area contributed by atoms with E-state index in [1.807, 2.05) is 0 Å². The minimum atomic E-state index is -0.509. The molecule has 33 heavy (non-hydrogen) atoms. The van der Waals surface area contributed by atoms with Crippen molar-refractivity contribution >= 4 is 28.1 Å². The molecule has 0 radical (unpaired) electrons. The molecule has 0 amide bonds. The van der Waals surface area contributed by atoms with Crippen molar-refractivity contribution in [2.75, 3.05) is 13.2 Å². The van der Waals surface area contributed by atoms with Gasteiger partial charge in [0.1, 0.15) is 6.61 Å². The Morgan fingerprint density at radius 2 is 1.85 bits per heavy atom. The molecule has 0 saturated carbocycles. The molecule has 0 unspecified atom stereocenters. The van der Waals surface area contributed by atoms with Crippen LogP contribution >= 0.6 is 11.3 Å². The summed E-state index contributed by atoms with van der Waals surface area (Å²) in [7, 11) is 0. The first-order valence-electron chi connectivity index (χ1n) is 11.2. The Kier molecular flexibility index (Phi) is 6.13. The highest BCUT2D eigenvalue weighted by Crippen LogP contribution is 2.31. The Balaban J connectivity index is 1.18. The lowest BCUT2D eigenvalue weighted by molar-refractivity contribution is -0.145. The Morgan fingerprint density at radius 3 is 2.73 bits per heavy atom. The molecular formula is C24H24N2O6S. The van der Waals surface area contributed by atoms with Crippen LogP contribution in [0, 0.1) is 0 Å². The zero-order valence-corrected chi connectivity index (χ0v) is 18.9. The number of esters is 1. The first-order valence-corrected chi connectivity index (χ1v) is 12.0. The zero-order valence-electron chi connectivity index (χ0n) is 18.1. The van der Waals surface area contributed by atoms with Crippen LogP contribution in [0.2, 0.25) is 0 Å². The Morgan fingerprint density at radius 1 is 1.03 bits per heavy atom. The number of aryl methyl sites for hydroxylation is 2. The van der Waals surface area contributed by atoms with Crippen LogP contribution in [-0.2, 0) is 29.0 Å². The molecule has 9 heteroatoms. The summed E-state index contributed by atoms with van der Waals surface area (Å²) in [5.41, 5.74) is 1.81. The summed E-state index contributed by atoms with van der Waals surface area (Å²) in [5.74, 6) is 0.481. The maximum atomic E-state index is 12.6. The highest BCUT2D eigenvalue weighted by molar-refractivity contribution is 7.17. The van der Waals surface area contributed by atoms with Crippen LogP contribution < -0.4 is 15.0 Å². The van der Waals surface area contributed by atoms with Crippen molar-refractivity contribution in [3.8, 4) is 11.5 Å². The lowest BCUT2D eigenvalue weighted by atomic mass is 10.0. The number of carbonyl (C=O) groups excluding carboxylic acids is 2. The van der Waals surface area contributed by atoms with E-state index in [9.17, 15) is 14.4 Å². The summed E-state index contributed by atoms with van der Waals surface area (Å²) in [6.45, 7) is 1.02. The number of benzene rings is 1. The lowest BCUT2D eigenvalue weighted by Crippen LogP contribution is -2.18. The fraction of sp³-hybridized carbons (Fsp3) is 0.417. The minimum absolute atomic E-state index is 0.0191. The van der Waals surface area contributed by atoms with Gasteiger partial charge < -0.3 is 14.2 Å². The summed E-state index contributed by atoms with van der Waals surface area (Å²) < 4.78 is 18.2. The van der Waals surface area contributed by atoms with Crippen molar-refractivity contribution < 1.29 is 23.8 Å². The first-order chi connectivity index (χ1) is 16.1. The third kappa shape index (κ3) is 4.64. The van der Waals surface area contributed by atoms with Crippen molar-refractivity contribution in [3.63, 3.8) is 0 Å². The van der Waals surface area contributed by atoms with Crippen LogP contribution in [-0.4, -0.2) is 34.4 Å². The number of aromatic nitrogens is 2. The van der Waals surface area contributed by atoms with Crippen LogP contribution in [0.25, 0.3) is 4.96 Å². The quantitative estimate of drug-likeness (QED) is 0.403. The van der Waals surface area contributed by atoms with E-state index in [2.05, 4.69) is 4.98 Å². The fourth-order valence-electron chi connectivity index (χ4n) is 4.14. The van der Waals surface area contributed by atoms with Gasteiger partial charge in [-0.1, -0.05) is 0 Å². The molecule has 0 spiro atoms. The minimum Gasteiger partial charge on any atom is -0.490 e. The molecule has 8 nitrogen and oxygen atoms in total. The molecule has 0 bridgehead atoms. The molecule has 2 aromatic heterocycles. The summed E-state index contributed by atoms with van der Waals surface area (Å²) in [4.78, 5) is 43.7. The van der Waals surface area contributed by atoms with Gasteiger partial charge in [0.15, 0.2) is 22.2 Å². The largest absolute Gasteiger partial charge is 0.490 e. The smallest absolute Gasteiger partial charge is 0.306 e. The molecule has 3 heterocycles. The number of ketones is 1. The van der Waals surface area contributed by atoms with E-state index in [0.717, 1.165) is 37.8 Å². The lowest BCUT2D eigenvalue weighted by Gasteiger charge is -2.10. The van der Waals surface area contributed by atoms with Crippen molar-refractivity contribution in [3.05, 3.63) is 56.4 Å². The van der Waals surface area contributed by atoms with Crippen LogP contribution in [0.3, 0.4) is 0 Å². The van der Waals surface area contributed by atoms with E-state index in [-0.39, 0.29) is 30.8 Å². The van der Waals surface area contributed by atoms with Crippen molar-refractivity contribution in [1.82, 2.24) is 9.38 Å². The number of rotatable bonds is 6. The molecule has 0 saturated heterocycles. The van der Waals surface area contributed by atoms with Gasteiger partial charge >= 0.3 is 5.97 Å². The highest BCUT2D eigenvalue weighted by Gasteiger charge is 2.19. The van der Waals surface area contributed by atoms with E-state index in [1.54, 1.807) is 22.6 Å². The molecule has 0 N–H and O–H groups in total. The Labute approximate surface area is 194 Å². The Hall–Kier alpha value is -3.20. The summed E-state index contributed by atoms with van der Waals surface area (Å²) in [5, 5.41) is 0. The van der Waals surface area contributed by atoms with Gasteiger partial charge in [-0.05, 0) is 43.9 Å². The Bertz CT molecular complexity index is 1280. The predicted molar refractivity (Wildman–Crippen MR) is 121 cm³/mol. The third-order valence-electron chi connectivity index (χ3n) is 5.82. The fourth-order valence-corrected chi connectivity index (χ4v) is 5.37. The molecule has 3 aromatic rings. The number of fused-ring (bicyclic) bond motifs is 4. The van der Waals surface area contributed by atoms with E-state index in [1.165, 1.54) is 22.3 Å².